The average molecular weight is 283 g/mol. The summed E-state index contributed by atoms with van der Waals surface area (Å²) in [7, 11) is 0. The molecule has 2 atom stereocenters. The highest BCUT2D eigenvalue weighted by molar-refractivity contribution is 7.85. The van der Waals surface area contributed by atoms with E-state index in [0.717, 1.165) is 0 Å². The second-order valence-electron chi connectivity index (χ2n) is 2.04. The maximum absolute atomic E-state index is 8.21. The molecule has 0 aliphatic carbocycles. The maximum Gasteiger partial charge on any atom is 0.0555 e. The third kappa shape index (κ3) is 19.9. The predicted octanol–water partition coefficient (Wildman–Crippen LogP) is 0.527. The Hall–Kier alpha value is 1.67. The fraction of sp³-hybridized carbons (Fsp3) is 1.00. The van der Waals surface area contributed by atoms with Crippen LogP contribution >= 0.6 is 64.0 Å². The van der Waals surface area contributed by atoms with Crippen LogP contribution < -0.4 is 0 Å². The molecule has 0 rings (SSSR count). The van der Waals surface area contributed by atoms with Gasteiger partial charge in [0.2, 0.25) is 0 Å². The molecule has 0 heterocycles. The Morgan fingerprint density at radius 3 is 1.08 bits per heavy atom. The molecule has 0 saturated carbocycles. The first-order chi connectivity index (χ1) is 5.62. The van der Waals surface area contributed by atoms with Crippen molar-refractivity contribution in [2.75, 3.05) is 24.7 Å². The van der Waals surface area contributed by atoms with Gasteiger partial charge in [0.15, 0.2) is 0 Å². The Balaban J connectivity index is -0.000000143. The molecule has 84 valence electrons. The first-order valence-corrected chi connectivity index (χ1v) is 5.71. The van der Waals surface area contributed by atoms with E-state index in [1.165, 1.54) is 0 Å². The van der Waals surface area contributed by atoms with Crippen molar-refractivity contribution >= 4 is 64.0 Å². The van der Waals surface area contributed by atoms with Crippen molar-refractivity contribution in [2.45, 2.75) is 10.5 Å². The Morgan fingerprint density at radius 2 is 1.08 bits per heavy atom. The Morgan fingerprint density at radius 1 is 0.846 bits per heavy atom. The number of thiol groups is 4. The molecule has 0 aromatic rings. The largest absolute Gasteiger partial charge is 0.395 e. The minimum absolute atomic E-state index is 0. The summed E-state index contributed by atoms with van der Waals surface area (Å²) in [4.78, 5) is 0. The normalized spacial score (nSPS) is 13.4. The van der Waals surface area contributed by atoms with Crippen LogP contribution in [0.2, 0.25) is 0 Å². The fourth-order valence-electron chi connectivity index (χ4n) is 0.115. The van der Waals surface area contributed by atoms with E-state index in [-0.39, 0.29) is 37.2 Å². The van der Waals surface area contributed by atoms with Crippen molar-refractivity contribution in [3.8, 4) is 0 Å². The maximum atomic E-state index is 8.21. The first kappa shape index (κ1) is 20.1. The Labute approximate surface area is 109 Å². The molecule has 0 bridgehead atoms. The highest BCUT2D eigenvalue weighted by atomic mass is 32.1. The summed E-state index contributed by atoms with van der Waals surface area (Å²) >= 11 is 15.5. The number of aliphatic hydroxyl groups excluding tert-OH is 2. The van der Waals surface area contributed by atoms with Gasteiger partial charge in [0.1, 0.15) is 0 Å². The molecule has 2 nitrogen and oxygen atoms in total. The van der Waals surface area contributed by atoms with Crippen LogP contribution in [0.1, 0.15) is 0 Å². The third-order valence-corrected chi connectivity index (χ3v) is 2.99. The van der Waals surface area contributed by atoms with Gasteiger partial charge in [-0.05, 0) is 0 Å². The summed E-state index contributed by atoms with van der Waals surface area (Å²) in [5.41, 5.74) is 0. The smallest absolute Gasteiger partial charge is 0.0555 e. The molecule has 13 heavy (non-hydrogen) atoms. The molecule has 2 N–H and O–H groups in total. The highest BCUT2D eigenvalue weighted by Crippen LogP contribution is 1.93. The molecule has 0 saturated heterocycles. The van der Waals surface area contributed by atoms with E-state index < -0.39 is 0 Å². The molecule has 7 heteroatoms. The van der Waals surface area contributed by atoms with Gasteiger partial charge in [0.05, 0.1) is 13.2 Å². The van der Waals surface area contributed by atoms with Crippen molar-refractivity contribution < 1.29 is 10.2 Å². The molecule has 0 spiro atoms. The lowest BCUT2D eigenvalue weighted by molar-refractivity contribution is 0.301. The summed E-state index contributed by atoms with van der Waals surface area (Å²) in [6.07, 6.45) is 0. The van der Waals surface area contributed by atoms with Crippen LogP contribution in [0.5, 0.6) is 0 Å². The van der Waals surface area contributed by atoms with E-state index in [2.05, 4.69) is 50.5 Å². The van der Waals surface area contributed by atoms with E-state index >= 15 is 0 Å². The van der Waals surface area contributed by atoms with E-state index in [0.29, 0.717) is 11.5 Å². The quantitative estimate of drug-likeness (QED) is 0.426. The summed E-state index contributed by atoms with van der Waals surface area (Å²) in [5.74, 6) is 1.28. The highest BCUT2D eigenvalue weighted by Gasteiger charge is 1.92. The van der Waals surface area contributed by atoms with Crippen LogP contribution in [-0.2, 0) is 0 Å². The lowest BCUT2D eigenvalue weighted by atomic mass is 10.5. The van der Waals surface area contributed by atoms with Crippen molar-refractivity contribution in [1.82, 2.24) is 0 Å². The van der Waals surface area contributed by atoms with Gasteiger partial charge in [-0.1, -0.05) is 0 Å². The minimum atomic E-state index is 0. The molecule has 0 aliphatic rings. The topological polar surface area (TPSA) is 40.5 Å². The van der Waals surface area contributed by atoms with Gasteiger partial charge in [-0.15, -0.1) is 0 Å². The third-order valence-electron chi connectivity index (χ3n) is 0.843. The SMILES string of the molecule is OCC(S)CS.OCC(S)CS.S. The zero-order valence-electron chi connectivity index (χ0n) is 7.17. The van der Waals surface area contributed by atoms with E-state index in [9.17, 15) is 0 Å². The standard InChI is InChI=1S/2C3H8OS2.H2S/c2*4-1-3(6)2-5;/h2*3-6H,1-2H2;1H2. The van der Waals surface area contributed by atoms with E-state index in [1.54, 1.807) is 0 Å². The minimum Gasteiger partial charge on any atom is -0.395 e. The van der Waals surface area contributed by atoms with Crippen LogP contribution in [-0.4, -0.2) is 45.4 Å². The van der Waals surface area contributed by atoms with Gasteiger partial charge in [-0.3, -0.25) is 0 Å². The van der Waals surface area contributed by atoms with Gasteiger partial charge < -0.3 is 10.2 Å². The van der Waals surface area contributed by atoms with Gasteiger partial charge in [-0.25, -0.2) is 0 Å². The number of rotatable bonds is 4. The molecule has 0 amide bonds. The monoisotopic (exact) mass is 282 g/mol. The second-order valence-corrected chi connectivity index (χ2v) is 4.23. The number of aliphatic hydroxyl groups is 2. The lowest BCUT2D eigenvalue weighted by Gasteiger charge is -1.96. The van der Waals surface area contributed by atoms with Crippen molar-refractivity contribution in [1.29, 1.82) is 0 Å². The second kappa shape index (κ2) is 16.1. The Bertz CT molecular complexity index is 67.4. The zero-order chi connectivity index (χ0) is 9.98. The molecular weight excluding hydrogens is 264 g/mol. The molecule has 0 radical (unpaired) electrons. The van der Waals surface area contributed by atoms with Crippen LogP contribution in [0.4, 0.5) is 0 Å². The van der Waals surface area contributed by atoms with E-state index in [1.807, 2.05) is 0 Å². The fourth-order valence-corrected chi connectivity index (χ4v) is 0.346. The van der Waals surface area contributed by atoms with Crippen LogP contribution in [0.15, 0.2) is 0 Å². The summed E-state index contributed by atoms with van der Waals surface area (Å²) in [6, 6.07) is 0. The van der Waals surface area contributed by atoms with Crippen LogP contribution in [0, 0.1) is 0 Å². The van der Waals surface area contributed by atoms with Crippen molar-refractivity contribution in [3.63, 3.8) is 0 Å². The molecule has 0 aromatic carbocycles. The summed E-state index contributed by atoms with van der Waals surface area (Å²) in [5, 5.41) is 16.5. The Kier molecular flexibility index (Phi) is 24.9. The molecule has 0 aliphatic heterocycles. The van der Waals surface area contributed by atoms with Crippen molar-refractivity contribution in [2.24, 2.45) is 0 Å². The van der Waals surface area contributed by atoms with Gasteiger partial charge in [0, 0.05) is 22.0 Å². The number of hydrogen-bond acceptors (Lipinski definition) is 6. The molecule has 0 fully saturated rings. The number of hydrogen-bond donors (Lipinski definition) is 6. The molecular formula is C6H18O2S5. The first-order valence-electron chi connectivity index (χ1n) is 3.41. The molecule has 2 unspecified atom stereocenters. The van der Waals surface area contributed by atoms with Crippen LogP contribution in [0.3, 0.4) is 0 Å². The summed E-state index contributed by atoms with van der Waals surface area (Å²) in [6.45, 7) is 0.235. The molecule has 0 aromatic heterocycles. The summed E-state index contributed by atoms with van der Waals surface area (Å²) < 4.78 is 0. The lowest BCUT2D eigenvalue weighted by Crippen LogP contribution is -2.04. The van der Waals surface area contributed by atoms with Gasteiger partial charge >= 0.3 is 0 Å². The van der Waals surface area contributed by atoms with Gasteiger partial charge in [0.25, 0.3) is 0 Å². The predicted molar refractivity (Wildman–Crippen MR) is 77.8 cm³/mol. The van der Waals surface area contributed by atoms with Crippen molar-refractivity contribution in [3.05, 3.63) is 0 Å². The average Bonchev–Trinajstić information content (AvgIpc) is 2.16. The zero-order valence-corrected chi connectivity index (χ0v) is 11.7. The van der Waals surface area contributed by atoms with E-state index in [4.69, 9.17) is 10.2 Å². The van der Waals surface area contributed by atoms with Gasteiger partial charge in [-0.2, -0.15) is 64.0 Å². The van der Waals surface area contributed by atoms with Crippen LogP contribution in [0.25, 0.3) is 0 Å².